The van der Waals surface area contributed by atoms with E-state index in [0.29, 0.717) is 5.82 Å². The van der Waals surface area contributed by atoms with Gasteiger partial charge in [-0.2, -0.15) is 0 Å². The highest BCUT2D eigenvalue weighted by molar-refractivity contribution is 5.54. The number of nitrogens with zero attached hydrogens (tertiary/aromatic N) is 3. The van der Waals surface area contributed by atoms with E-state index in [-0.39, 0.29) is 12.1 Å². The summed E-state index contributed by atoms with van der Waals surface area (Å²) in [6.45, 7) is 10.4. The van der Waals surface area contributed by atoms with Crippen LogP contribution in [-0.2, 0) is 6.42 Å². The Hall–Kier alpha value is -2.14. The van der Waals surface area contributed by atoms with E-state index in [1.807, 2.05) is 11.6 Å². The van der Waals surface area contributed by atoms with E-state index in [0.717, 1.165) is 41.8 Å². The lowest BCUT2D eigenvalue weighted by Gasteiger charge is -2.17. The highest BCUT2D eigenvalue weighted by atomic mass is 16.5. The second kappa shape index (κ2) is 7.00. The molecule has 0 aliphatic carbocycles. The number of benzene rings is 1. The number of ether oxygens (including phenoxy) is 1. The van der Waals surface area contributed by atoms with Crippen LogP contribution in [0.3, 0.4) is 0 Å². The van der Waals surface area contributed by atoms with Gasteiger partial charge in [0.15, 0.2) is 11.4 Å². The SMILES string of the molecule is CCC(CC)Oc1cn[n+](-c2ccc(C)cc2C)c2c1CC(C)N2O. The number of anilines is 1. The highest BCUT2D eigenvalue weighted by Gasteiger charge is 2.41. The van der Waals surface area contributed by atoms with Gasteiger partial charge in [-0.3, -0.25) is 0 Å². The standard InChI is InChI=1S/C20H28N3O2/c1-6-16(7-2)25-19-12-21-22(18-9-8-13(3)10-14(18)4)20-17(19)11-15(5)23(20)24/h8-10,12,15-16,24H,6-7,11H2,1-5H3/q+1. The summed E-state index contributed by atoms with van der Waals surface area (Å²) in [5, 5.41) is 16.6. The van der Waals surface area contributed by atoms with Gasteiger partial charge in [0.05, 0.1) is 11.7 Å². The van der Waals surface area contributed by atoms with Gasteiger partial charge in [-0.05, 0) is 45.2 Å². The third kappa shape index (κ3) is 3.21. The molecule has 5 heteroatoms. The van der Waals surface area contributed by atoms with Crippen LogP contribution in [0.4, 0.5) is 5.82 Å². The summed E-state index contributed by atoms with van der Waals surface area (Å²) in [7, 11) is 0. The molecule has 134 valence electrons. The Labute approximate surface area is 149 Å². The van der Waals surface area contributed by atoms with Crippen LogP contribution in [0.15, 0.2) is 24.4 Å². The molecular weight excluding hydrogens is 314 g/mol. The zero-order valence-electron chi connectivity index (χ0n) is 15.8. The van der Waals surface area contributed by atoms with Crippen molar-refractivity contribution in [2.45, 2.75) is 66.0 Å². The van der Waals surface area contributed by atoms with Crippen molar-refractivity contribution in [3.05, 3.63) is 41.1 Å². The van der Waals surface area contributed by atoms with Crippen LogP contribution in [0.5, 0.6) is 5.75 Å². The van der Waals surface area contributed by atoms with Crippen molar-refractivity contribution in [2.75, 3.05) is 5.06 Å². The average molecular weight is 342 g/mol. The number of aryl methyl sites for hydroxylation is 2. The maximum absolute atomic E-state index is 10.6. The number of hydrogen-bond acceptors (Lipinski definition) is 4. The molecule has 0 bridgehead atoms. The minimum absolute atomic E-state index is 0.000238. The Morgan fingerprint density at radius 1 is 1.32 bits per heavy atom. The Morgan fingerprint density at radius 3 is 2.68 bits per heavy atom. The van der Waals surface area contributed by atoms with Gasteiger partial charge in [-0.1, -0.05) is 41.3 Å². The van der Waals surface area contributed by atoms with E-state index in [1.165, 1.54) is 10.6 Å². The van der Waals surface area contributed by atoms with Crippen LogP contribution >= 0.6 is 0 Å². The molecule has 3 rings (SSSR count). The largest absolute Gasteiger partial charge is 0.488 e. The summed E-state index contributed by atoms with van der Waals surface area (Å²) >= 11 is 0. The van der Waals surface area contributed by atoms with Crippen molar-refractivity contribution >= 4 is 5.82 Å². The van der Waals surface area contributed by atoms with Gasteiger partial charge in [0.25, 0.3) is 0 Å². The highest BCUT2D eigenvalue weighted by Crippen LogP contribution is 2.35. The summed E-state index contributed by atoms with van der Waals surface area (Å²) in [4.78, 5) is 0. The maximum Gasteiger partial charge on any atom is 0.340 e. The van der Waals surface area contributed by atoms with Crippen molar-refractivity contribution in [3.8, 4) is 11.4 Å². The van der Waals surface area contributed by atoms with Gasteiger partial charge in [0.1, 0.15) is 12.2 Å². The zero-order chi connectivity index (χ0) is 18.1. The molecule has 0 saturated carbocycles. The third-order valence-corrected chi connectivity index (χ3v) is 4.98. The summed E-state index contributed by atoms with van der Waals surface area (Å²) in [6, 6.07) is 6.25. The first kappa shape index (κ1) is 17.7. The van der Waals surface area contributed by atoms with Crippen LogP contribution in [0, 0.1) is 13.8 Å². The zero-order valence-corrected chi connectivity index (χ0v) is 15.8. The summed E-state index contributed by atoms with van der Waals surface area (Å²) < 4.78 is 8.01. The fourth-order valence-electron chi connectivity index (χ4n) is 3.45. The van der Waals surface area contributed by atoms with Crippen LogP contribution < -0.4 is 14.5 Å². The minimum Gasteiger partial charge on any atom is -0.488 e. The van der Waals surface area contributed by atoms with Crippen LogP contribution in [-0.4, -0.2) is 22.5 Å². The summed E-state index contributed by atoms with van der Waals surface area (Å²) in [6.07, 6.45) is 4.62. The first-order chi connectivity index (χ1) is 12.0. The Balaban J connectivity index is 2.12. The van der Waals surface area contributed by atoms with Crippen molar-refractivity contribution in [3.63, 3.8) is 0 Å². The Kier molecular flexibility index (Phi) is 4.95. The molecule has 1 N–H and O–H groups in total. The predicted octanol–water partition coefficient (Wildman–Crippen LogP) is 3.68. The molecule has 25 heavy (non-hydrogen) atoms. The van der Waals surface area contributed by atoms with E-state index in [1.54, 1.807) is 6.20 Å². The molecule has 0 spiro atoms. The lowest BCUT2D eigenvalue weighted by Crippen LogP contribution is -2.43. The molecule has 1 aromatic heterocycles. The fraction of sp³-hybridized carbons (Fsp3) is 0.500. The Bertz CT molecular complexity index is 772. The molecule has 0 amide bonds. The van der Waals surface area contributed by atoms with E-state index >= 15 is 0 Å². The fourth-order valence-corrected chi connectivity index (χ4v) is 3.45. The molecule has 1 unspecified atom stereocenters. The molecule has 2 heterocycles. The first-order valence-electron chi connectivity index (χ1n) is 9.12. The molecule has 0 radical (unpaired) electrons. The number of rotatable bonds is 5. The monoisotopic (exact) mass is 342 g/mol. The molecule has 1 aliphatic rings. The number of aromatic nitrogens is 2. The lowest BCUT2D eigenvalue weighted by atomic mass is 10.1. The quantitative estimate of drug-likeness (QED) is 0.842. The third-order valence-electron chi connectivity index (χ3n) is 4.98. The van der Waals surface area contributed by atoms with Crippen molar-refractivity contribution in [2.24, 2.45) is 0 Å². The van der Waals surface area contributed by atoms with Crippen LogP contribution in [0.2, 0.25) is 0 Å². The van der Waals surface area contributed by atoms with Crippen molar-refractivity contribution in [1.29, 1.82) is 0 Å². The molecule has 0 fully saturated rings. The van der Waals surface area contributed by atoms with Gasteiger partial charge in [0, 0.05) is 6.42 Å². The second-order valence-electron chi connectivity index (χ2n) is 6.97. The molecule has 5 nitrogen and oxygen atoms in total. The number of hydroxylamine groups is 1. The van der Waals surface area contributed by atoms with Gasteiger partial charge < -0.3 is 4.74 Å². The number of fused-ring (bicyclic) bond motifs is 1. The van der Waals surface area contributed by atoms with E-state index in [4.69, 9.17) is 4.74 Å². The van der Waals surface area contributed by atoms with Crippen LogP contribution in [0.25, 0.3) is 5.69 Å². The summed E-state index contributed by atoms with van der Waals surface area (Å²) in [5.41, 5.74) is 4.34. The topological polar surface area (TPSA) is 49.5 Å². The first-order valence-corrected chi connectivity index (χ1v) is 9.12. The molecular formula is C20H28N3O2+. The van der Waals surface area contributed by atoms with Gasteiger partial charge in [-0.15, -0.1) is 5.06 Å². The van der Waals surface area contributed by atoms with Gasteiger partial charge in [-0.25, -0.2) is 5.21 Å². The van der Waals surface area contributed by atoms with Crippen LogP contribution in [0.1, 0.15) is 50.3 Å². The normalized spacial score (nSPS) is 16.4. The van der Waals surface area contributed by atoms with Gasteiger partial charge in [0.2, 0.25) is 0 Å². The predicted molar refractivity (Wildman–Crippen MR) is 97.7 cm³/mol. The van der Waals surface area contributed by atoms with E-state index in [9.17, 15) is 5.21 Å². The molecule has 1 aromatic carbocycles. The molecule has 1 atom stereocenters. The van der Waals surface area contributed by atoms with Crippen molar-refractivity contribution < 1.29 is 14.6 Å². The van der Waals surface area contributed by atoms with Crippen molar-refractivity contribution in [1.82, 2.24) is 5.10 Å². The minimum atomic E-state index is 0.000238. The van der Waals surface area contributed by atoms with E-state index in [2.05, 4.69) is 51.0 Å². The second-order valence-corrected chi connectivity index (χ2v) is 6.97. The summed E-state index contributed by atoms with van der Waals surface area (Å²) in [5.74, 6) is 1.50. The van der Waals surface area contributed by atoms with E-state index < -0.39 is 0 Å². The molecule has 0 saturated heterocycles. The Morgan fingerprint density at radius 2 is 2.04 bits per heavy atom. The number of hydrogen-bond donors (Lipinski definition) is 1. The lowest BCUT2D eigenvalue weighted by molar-refractivity contribution is -0.649. The maximum atomic E-state index is 10.6. The smallest absolute Gasteiger partial charge is 0.340 e. The molecule has 2 aromatic rings. The average Bonchev–Trinajstić information content (AvgIpc) is 2.89. The molecule has 1 aliphatic heterocycles. The van der Waals surface area contributed by atoms with Gasteiger partial charge >= 0.3 is 5.82 Å².